The van der Waals surface area contributed by atoms with E-state index >= 15 is 0 Å². The van der Waals surface area contributed by atoms with Crippen molar-refractivity contribution in [1.82, 2.24) is 14.7 Å². The molecule has 1 aliphatic rings. The number of nitrogens with zero attached hydrogens (tertiary/aromatic N) is 4. The number of rotatable bonds is 3. The first kappa shape index (κ1) is 15.5. The second-order valence-corrected chi connectivity index (χ2v) is 5.72. The van der Waals surface area contributed by atoms with Gasteiger partial charge in [-0.1, -0.05) is 12.1 Å². The molecule has 0 atom stereocenters. The molecule has 1 saturated heterocycles. The highest BCUT2D eigenvalue weighted by molar-refractivity contribution is 5.92. The molecule has 1 aliphatic heterocycles. The molecule has 0 spiro atoms. The minimum atomic E-state index is -0.218. The van der Waals surface area contributed by atoms with Crippen molar-refractivity contribution in [2.24, 2.45) is 0 Å². The zero-order valence-corrected chi connectivity index (χ0v) is 13.5. The van der Waals surface area contributed by atoms with Gasteiger partial charge in [0.1, 0.15) is 5.82 Å². The molecular formula is C17H21FN4O. The van der Waals surface area contributed by atoms with E-state index in [1.165, 1.54) is 6.07 Å². The number of carbonyl (C=O) groups excluding carboxylic acids is 1. The highest BCUT2D eigenvalue weighted by atomic mass is 19.1. The lowest BCUT2D eigenvalue weighted by atomic mass is 10.2. The van der Waals surface area contributed by atoms with Crippen LogP contribution in [0.2, 0.25) is 0 Å². The fraction of sp³-hybridized carbons (Fsp3) is 0.412. The number of aryl methyl sites for hydroxylation is 2. The van der Waals surface area contributed by atoms with E-state index in [1.54, 1.807) is 17.0 Å². The van der Waals surface area contributed by atoms with E-state index in [4.69, 9.17) is 0 Å². The molecule has 2 aromatic rings. The van der Waals surface area contributed by atoms with Crippen LogP contribution in [0, 0.1) is 12.7 Å². The fourth-order valence-electron chi connectivity index (χ4n) is 2.96. The van der Waals surface area contributed by atoms with Crippen molar-refractivity contribution in [3.63, 3.8) is 0 Å². The summed E-state index contributed by atoms with van der Waals surface area (Å²) in [6, 6.07) is 8.59. The van der Waals surface area contributed by atoms with Crippen LogP contribution in [0.3, 0.4) is 0 Å². The Bertz CT molecular complexity index is 704. The second-order valence-electron chi connectivity index (χ2n) is 5.72. The maximum atomic E-state index is 13.8. The third-order valence-electron chi connectivity index (χ3n) is 4.26. The second kappa shape index (κ2) is 6.40. The first-order valence-corrected chi connectivity index (χ1v) is 7.93. The molecule has 1 aromatic heterocycles. The molecule has 0 radical (unpaired) electrons. The molecule has 5 nitrogen and oxygen atoms in total. The Balaban J connectivity index is 1.66. The number of hydrogen-bond donors (Lipinski definition) is 0. The van der Waals surface area contributed by atoms with E-state index in [9.17, 15) is 9.18 Å². The molecule has 6 heteroatoms. The fourth-order valence-corrected chi connectivity index (χ4v) is 2.96. The maximum absolute atomic E-state index is 13.8. The summed E-state index contributed by atoms with van der Waals surface area (Å²) < 4.78 is 15.7. The molecule has 3 rings (SSSR count). The normalized spacial score (nSPS) is 15.1. The van der Waals surface area contributed by atoms with Crippen LogP contribution >= 0.6 is 0 Å². The molecule has 0 aliphatic carbocycles. The summed E-state index contributed by atoms with van der Waals surface area (Å²) >= 11 is 0. The Hall–Kier alpha value is -2.37. The number of benzene rings is 1. The molecule has 0 saturated carbocycles. The van der Waals surface area contributed by atoms with Gasteiger partial charge < -0.3 is 9.80 Å². The van der Waals surface area contributed by atoms with Crippen LogP contribution < -0.4 is 4.90 Å². The Morgan fingerprint density at radius 3 is 2.52 bits per heavy atom. The third-order valence-corrected chi connectivity index (χ3v) is 4.26. The highest BCUT2D eigenvalue weighted by Crippen LogP contribution is 2.20. The number of halogens is 1. The first-order chi connectivity index (χ1) is 11.1. The smallest absolute Gasteiger partial charge is 0.274 e. The number of amides is 1. The van der Waals surface area contributed by atoms with Gasteiger partial charge in [-0.25, -0.2) is 4.39 Å². The van der Waals surface area contributed by atoms with Crippen LogP contribution in [-0.4, -0.2) is 46.8 Å². The number of carbonyl (C=O) groups is 1. The van der Waals surface area contributed by atoms with Crippen molar-refractivity contribution < 1.29 is 9.18 Å². The average Bonchev–Trinajstić information content (AvgIpc) is 2.96. The molecule has 0 N–H and O–H groups in total. The number of piperazine rings is 1. The van der Waals surface area contributed by atoms with Gasteiger partial charge in [-0.15, -0.1) is 0 Å². The summed E-state index contributed by atoms with van der Waals surface area (Å²) in [4.78, 5) is 16.3. The number of aromatic nitrogens is 2. The Morgan fingerprint density at radius 2 is 1.91 bits per heavy atom. The lowest BCUT2D eigenvalue weighted by molar-refractivity contribution is 0.0740. The molecule has 122 valence electrons. The summed E-state index contributed by atoms with van der Waals surface area (Å²) in [7, 11) is 0. The molecule has 2 heterocycles. The van der Waals surface area contributed by atoms with Crippen molar-refractivity contribution in [3.05, 3.63) is 47.5 Å². The predicted octanol–water partition coefficient (Wildman–Crippen LogP) is 2.31. The summed E-state index contributed by atoms with van der Waals surface area (Å²) in [5, 5.41) is 4.35. The van der Waals surface area contributed by atoms with E-state index in [-0.39, 0.29) is 11.7 Å². The SMILES string of the molecule is CCn1nc(C(=O)N2CCN(c3ccccc3F)CC2)cc1C. The van der Waals surface area contributed by atoms with Crippen LogP contribution in [-0.2, 0) is 6.54 Å². The summed E-state index contributed by atoms with van der Waals surface area (Å²) in [6.45, 7) is 7.10. The van der Waals surface area contributed by atoms with Gasteiger partial charge in [0.05, 0.1) is 5.69 Å². The van der Waals surface area contributed by atoms with Gasteiger partial charge in [0.25, 0.3) is 5.91 Å². The molecule has 0 bridgehead atoms. The lowest BCUT2D eigenvalue weighted by Crippen LogP contribution is -2.49. The lowest BCUT2D eigenvalue weighted by Gasteiger charge is -2.35. The zero-order valence-electron chi connectivity index (χ0n) is 13.5. The maximum Gasteiger partial charge on any atom is 0.274 e. The minimum Gasteiger partial charge on any atom is -0.366 e. The minimum absolute atomic E-state index is 0.0477. The van der Waals surface area contributed by atoms with Crippen molar-refractivity contribution in [1.29, 1.82) is 0 Å². The van der Waals surface area contributed by atoms with Gasteiger partial charge in [0.15, 0.2) is 5.69 Å². The van der Waals surface area contributed by atoms with Crippen LogP contribution in [0.4, 0.5) is 10.1 Å². The van der Waals surface area contributed by atoms with Crippen LogP contribution in [0.25, 0.3) is 0 Å². The quantitative estimate of drug-likeness (QED) is 0.872. The molecule has 0 unspecified atom stereocenters. The first-order valence-electron chi connectivity index (χ1n) is 7.93. The van der Waals surface area contributed by atoms with E-state index < -0.39 is 0 Å². The number of para-hydroxylation sites is 1. The van der Waals surface area contributed by atoms with Crippen LogP contribution in [0.15, 0.2) is 30.3 Å². The third kappa shape index (κ3) is 3.06. The number of hydrogen-bond acceptors (Lipinski definition) is 3. The molecule has 23 heavy (non-hydrogen) atoms. The van der Waals surface area contributed by atoms with Crippen molar-refractivity contribution >= 4 is 11.6 Å². The van der Waals surface area contributed by atoms with E-state index in [0.29, 0.717) is 37.6 Å². The molecule has 1 fully saturated rings. The van der Waals surface area contributed by atoms with Crippen LogP contribution in [0.1, 0.15) is 23.1 Å². The topological polar surface area (TPSA) is 41.4 Å². The largest absolute Gasteiger partial charge is 0.366 e. The Labute approximate surface area is 135 Å². The summed E-state index contributed by atoms with van der Waals surface area (Å²) in [6.07, 6.45) is 0. The van der Waals surface area contributed by atoms with Gasteiger partial charge in [-0.3, -0.25) is 9.48 Å². The summed E-state index contributed by atoms with van der Waals surface area (Å²) in [5.74, 6) is -0.266. The summed E-state index contributed by atoms with van der Waals surface area (Å²) in [5.41, 5.74) is 2.08. The number of anilines is 1. The standard InChI is InChI=1S/C17H21FN4O/c1-3-22-13(2)12-15(19-22)17(23)21-10-8-20(9-11-21)16-7-5-4-6-14(16)18/h4-7,12H,3,8-11H2,1-2H3. The zero-order chi connectivity index (χ0) is 16.4. The molecule has 1 aromatic carbocycles. The van der Waals surface area contributed by atoms with Crippen molar-refractivity contribution in [2.45, 2.75) is 20.4 Å². The van der Waals surface area contributed by atoms with Gasteiger partial charge in [-0.2, -0.15) is 5.10 Å². The van der Waals surface area contributed by atoms with Crippen LogP contribution in [0.5, 0.6) is 0 Å². The van der Waals surface area contributed by atoms with E-state index in [2.05, 4.69) is 5.10 Å². The van der Waals surface area contributed by atoms with Gasteiger partial charge in [0.2, 0.25) is 0 Å². The van der Waals surface area contributed by atoms with E-state index in [1.807, 2.05) is 35.6 Å². The van der Waals surface area contributed by atoms with Gasteiger partial charge >= 0.3 is 0 Å². The van der Waals surface area contributed by atoms with Gasteiger partial charge in [0, 0.05) is 38.4 Å². The van der Waals surface area contributed by atoms with Crippen molar-refractivity contribution in [2.75, 3.05) is 31.1 Å². The molecular weight excluding hydrogens is 295 g/mol. The van der Waals surface area contributed by atoms with E-state index in [0.717, 1.165) is 12.2 Å². The molecule has 1 amide bonds. The monoisotopic (exact) mass is 316 g/mol. The predicted molar refractivity (Wildman–Crippen MR) is 87.2 cm³/mol. The average molecular weight is 316 g/mol. The highest BCUT2D eigenvalue weighted by Gasteiger charge is 2.25. The Morgan fingerprint density at radius 1 is 1.22 bits per heavy atom. The Kier molecular flexibility index (Phi) is 4.32. The van der Waals surface area contributed by atoms with Gasteiger partial charge in [-0.05, 0) is 32.0 Å². The van der Waals surface area contributed by atoms with Crippen molar-refractivity contribution in [3.8, 4) is 0 Å².